The van der Waals surface area contributed by atoms with E-state index in [4.69, 9.17) is 4.74 Å². The maximum Gasteiger partial charge on any atom is 0.131 e. The van der Waals surface area contributed by atoms with Crippen LogP contribution in [0.4, 0.5) is 0 Å². The van der Waals surface area contributed by atoms with Crippen LogP contribution in [0.25, 0.3) is 0 Å². The second-order valence-corrected chi connectivity index (χ2v) is 4.50. The molecular formula is C12H16N2O. The summed E-state index contributed by atoms with van der Waals surface area (Å²) < 4.78 is 5.70. The van der Waals surface area contributed by atoms with Crippen LogP contribution in [0.5, 0.6) is 0 Å². The highest BCUT2D eigenvalue weighted by molar-refractivity contribution is 5.13. The Bertz CT molecular complexity index is 326. The zero-order valence-electron chi connectivity index (χ0n) is 8.85. The lowest BCUT2D eigenvalue weighted by molar-refractivity contribution is 0.0145. The van der Waals surface area contributed by atoms with Gasteiger partial charge in [0.15, 0.2) is 0 Å². The van der Waals surface area contributed by atoms with Gasteiger partial charge in [0.05, 0.1) is 6.10 Å². The van der Waals surface area contributed by atoms with Crippen LogP contribution >= 0.6 is 0 Å². The molecule has 0 spiro atoms. The number of nitrogens with zero attached hydrogens (tertiary/aromatic N) is 2. The minimum Gasteiger partial charge on any atom is -0.373 e. The van der Waals surface area contributed by atoms with Crippen molar-refractivity contribution in [2.45, 2.75) is 44.1 Å². The first kappa shape index (κ1) is 9.28. The van der Waals surface area contributed by atoms with Crippen LogP contribution < -0.4 is 0 Å². The van der Waals surface area contributed by atoms with Crippen molar-refractivity contribution in [2.24, 2.45) is 0 Å². The van der Waals surface area contributed by atoms with E-state index in [9.17, 15) is 0 Å². The molecule has 0 aromatic carbocycles. The number of aromatic nitrogens is 2. The number of ether oxygens (including phenoxy) is 1. The Morgan fingerprint density at radius 2 is 1.87 bits per heavy atom. The van der Waals surface area contributed by atoms with Gasteiger partial charge in [-0.1, -0.05) is 0 Å². The molecule has 3 nitrogen and oxygen atoms in total. The summed E-state index contributed by atoms with van der Waals surface area (Å²) in [6, 6.07) is 0. The highest BCUT2D eigenvalue weighted by Gasteiger charge is 2.26. The molecule has 0 amide bonds. The third kappa shape index (κ3) is 2.02. The number of rotatable bonds is 2. The number of hydrogen-bond acceptors (Lipinski definition) is 3. The molecule has 1 aliphatic carbocycles. The fourth-order valence-electron chi connectivity index (χ4n) is 2.07. The molecule has 2 heterocycles. The Hall–Kier alpha value is -0.960. The average Bonchev–Trinajstić information content (AvgIpc) is 3.15. The highest BCUT2D eigenvalue weighted by Crippen LogP contribution is 2.38. The predicted molar refractivity (Wildman–Crippen MR) is 56.6 cm³/mol. The summed E-state index contributed by atoms with van der Waals surface area (Å²) in [7, 11) is 0. The molecule has 2 aliphatic rings. The van der Waals surface area contributed by atoms with Crippen LogP contribution in [0.2, 0.25) is 0 Å². The van der Waals surface area contributed by atoms with Crippen LogP contribution in [0.15, 0.2) is 12.4 Å². The first-order valence-corrected chi connectivity index (χ1v) is 5.87. The van der Waals surface area contributed by atoms with Crippen molar-refractivity contribution in [1.29, 1.82) is 0 Å². The lowest BCUT2D eigenvalue weighted by atomic mass is 10.0. The van der Waals surface area contributed by atoms with E-state index in [1.54, 1.807) is 0 Å². The second kappa shape index (κ2) is 3.89. The van der Waals surface area contributed by atoms with Crippen LogP contribution in [-0.2, 0) is 4.74 Å². The summed E-state index contributed by atoms with van der Waals surface area (Å²) in [6.07, 6.45) is 10.2. The van der Waals surface area contributed by atoms with Gasteiger partial charge >= 0.3 is 0 Å². The van der Waals surface area contributed by atoms with E-state index < -0.39 is 0 Å². The minimum atomic E-state index is 0.243. The highest BCUT2D eigenvalue weighted by atomic mass is 16.5. The van der Waals surface area contributed by atoms with Gasteiger partial charge in [0, 0.05) is 30.5 Å². The van der Waals surface area contributed by atoms with Crippen molar-refractivity contribution in [3.8, 4) is 0 Å². The zero-order chi connectivity index (χ0) is 10.1. The Morgan fingerprint density at radius 3 is 2.47 bits per heavy atom. The van der Waals surface area contributed by atoms with E-state index in [-0.39, 0.29) is 6.10 Å². The van der Waals surface area contributed by atoms with Gasteiger partial charge in [0.25, 0.3) is 0 Å². The largest absolute Gasteiger partial charge is 0.373 e. The molecular weight excluding hydrogens is 188 g/mol. The van der Waals surface area contributed by atoms with Crippen molar-refractivity contribution in [3.63, 3.8) is 0 Å². The van der Waals surface area contributed by atoms with Gasteiger partial charge in [-0.15, -0.1) is 0 Å². The summed E-state index contributed by atoms with van der Waals surface area (Å²) in [5.41, 5.74) is 1.15. The standard InChI is InChI=1S/C12H16N2O/c1-2-6-15-11(3-1)10-7-13-12(14-8-10)9-4-5-9/h7-9,11H,1-6H2. The van der Waals surface area contributed by atoms with Crippen molar-refractivity contribution in [1.82, 2.24) is 9.97 Å². The Morgan fingerprint density at radius 1 is 1.07 bits per heavy atom. The van der Waals surface area contributed by atoms with Gasteiger partial charge in [-0.25, -0.2) is 9.97 Å². The third-order valence-corrected chi connectivity index (χ3v) is 3.19. The Kier molecular flexibility index (Phi) is 2.41. The van der Waals surface area contributed by atoms with Gasteiger partial charge in [-0.05, 0) is 32.1 Å². The van der Waals surface area contributed by atoms with Crippen molar-refractivity contribution < 1.29 is 4.74 Å². The lowest BCUT2D eigenvalue weighted by Gasteiger charge is -2.22. The summed E-state index contributed by atoms with van der Waals surface area (Å²) in [5, 5.41) is 0. The SMILES string of the molecule is c1nc(C2CC2)ncc1C1CCCCO1. The van der Waals surface area contributed by atoms with Gasteiger partial charge in [-0.2, -0.15) is 0 Å². The first-order valence-electron chi connectivity index (χ1n) is 5.87. The Labute approximate surface area is 89.9 Å². The predicted octanol–water partition coefficient (Wildman–Crippen LogP) is 2.60. The van der Waals surface area contributed by atoms with E-state index in [1.165, 1.54) is 25.7 Å². The van der Waals surface area contributed by atoms with Gasteiger partial charge in [-0.3, -0.25) is 0 Å². The van der Waals surface area contributed by atoms with E-state index >= 15 is 0 Å². The van der Waals surface area contributed by atoms with Gasteiger partial charge in [0.2, 0.25) is 0 Å². The third-order valence-electron chi connectivity index (χ3n) is 3.19. The van der Waals surface area contributed by atoms with E-state index in [0.29, 0.717) is 5.92 Å². The molecule has 1 unspecified atom stereocenters. The zero-order valence-corrected chi connectivity index (χ0v) is 8.85. The molecule has 3 heteroatoms. The molecule has 15 heavy (non-hydrogen) atoms. The van der Waals surface area contributed by atoms with E-state index in [0.717, 1.165) is 24.4 Å². The topological polar surface area (TPSA) is 35.0 Å². The molecule has 1 atom stereocenters. The molecule has 2 fully saturated rings. The van der Waals surface area contributed by atoms with Crippen LogP contribution in [0.3, 0.4) is 0 Å². The lowest BCUT2D eigenvalue weighted by Crippen LogP contribution is -2.12. The molecule has 1 aromatic heterocycles. The summed E-state index contributed by atoms with van der Waals surface area (Å²) in [4.78, 5) is 8.85. The Balaban J connectivity index is 1.73. The van der Waals surface area contributed by atoms with E-state index in [2.05, 4.69) is 9.97 Å². The molecule has 1 saturated carbocycles. The normalized spacial score (nSPS) is 26.5. The fraction of sp³-hybridized carbons (Fsp3) is 0.667. The molecule has 0 radical (unpaired) electrons. The molecule has 1 saturated heterocycles. The molecule has 0 N–H and O–H groups in total. The smallest absolute Gasteiger partial charge is 0.131 e. The average molecular weight is 204 g/mol. The monoisotopic (exact) mass is 204 g/mol. The molecule has 3 rings (SSSR count). The maximum absolute atomic E-state index is 5.70. The number of hydrogen-bond donors (Lipinski definition) is 0. The summed E-state index contributed by atoms with van der Waals surface area (Å²) in [5.74, 6) is 1.67. The van der Waals surface area contributed by atoms with Crippen molar-refractivity contribution in [3.05, 3.63) is 23.8 Å². The first-order chi connectivity index (χ1) is 7.43. The van der Waals surface area contributed by atoms with Crippen LogP contribution in [-0.4, -0.2) is 16.6 Å². The van der Waals surface area contributed by atoms with Crippen molar-refractivity contribution in [2.75, 3.05) is 6.61 Å². The van der Waals surface area contributed by atoms with Crippen molar-refractivity contribution >= 4 is 0 Å². The second-order valence-electron chi connectivity index (χ2n) is 4.50. The van der Waals surface area contributed by atoms with Crippen LogP contribution in [0, 0.1) is 0 Å². The molecule has 1 aromatic rings. The van der Waals surface area contributed by atoms with Gasteiger partial charge < -0.3 is 4.74 Å². The molecule has 1 aliphatic heterocycles. The minimum absolute atomic E-state index is 0.243. The maximum atomic E-state index is 5.70. The quantitative estimate of drug-likeness (QED) is 0.742. The fourth-order valence-corrected chi connectivity index (χ4v) is 2.07. The molecule has 80 valence electrons. The van der Waals surface area contributed by atoms with Gasteiger partial charge in [0.1, 0.15) is 5.82 Å². The molecule has 0 bridgehead atoms. The van der Waals surface area contributed by atoms with E-state index in [1.807, 2.05) is 12.4 Å². The summed E-state index contributed by atoms with van der Waals surface area (Å²) >= 11 is 0. The summed E-state index contributed by atoms with van der Waals surface area (Å²) in [6.45, 7) is 0.884. The van der Waals surface area contributed by atoms with Crippen LogP contribution in [0.1, 0.15) is 55.5 Å².